The first-order valence-corrected chi connectivity index (χ1v) is 6.63. The van der Waals surface area contributed by atoms with Crippen LogP contribution in [0, 0.1) is 6.92 Å². The number of carbonyl (C=O) groups excluding carboxylic acids is 1. The van der Waals surface area contributed by atoms with Gasteiger partial charge in [0.1, 0.15) is 11.5 Å². The molecule has 4 nitrogen and oxygen atoms in total. The van der Waals surface area contributed by atoms with Crippen molar-refractivity contribution in [3.05, 3.63) is 41.2 Å². The van der Waals surface area contributed by atoms with E-state index in [1.54, 1.807) is 0 Å². The van der Waals surface area contributed by atoms with Crippen LogP contribution in [0.2, 0.25) is 0 Å². The summed E-state index contributed by atoms with van der Waals surface area (Å²) in [5.41, 5.74) is 9.13. The number of primary amides is 1. The van der Waals surface area contributed by atoms with E-state index in [9.17, 15) is 4.79 Å². The molecular formula is C15H17N3O. The van der Waals surface area contributed by atoms with Crippen LogP contribution in [0.15, 0.2) is 24.3 Å². The van der Waals surface area contributed by atoms with E-state index in [1.807, 2.05) is 12.1 Å². The highest BCUT2D eigenvalue weighted by Crippen LogP contribution is 2.27. The molecule has 1 aromatic carbocycles. The Bertz CT molecular complexity index is 626. The summed E-state index contributed by atoms with van der Waals surface area (Å²) in [5, 5.41) is 0. The molecule has 1 aliphatic rings. The van der Waals surface area contributed by atoms with E-state index in [2.05, 4.69) is 28.6 Å². The van der Waals surface area contributed by atoms with Crippen LogP contribution in [-0.4, -0.2) is 15.5 Å². The molecule has 98 valence electrons. The molecule has 0 spiro atoms. The minimum Gasteiger partial charge on any atom is -0.364 e. The molecule has 4 heteroatoms. The molecule has 1 aromatic heterocycles. The number of fused-ring (bicyclic) bond motifs is 1. The molecule has 2 heterocycles. The molecule has 0 saturated heterocycles. The third-order valence-corrected chi connectivity index (χ3v) is 3.66. The van der Waals surface area contributed by atoms with Gasteiger partial charge in [-0.15, -0.1) is 0 Å². The molecule has 0 saturated carbocycles. The molecule has 1 aliphatic heterocycles. The third kappa shape index (κ3) is 2.03. The number of rotatable bonds is 2. The van der Waals surface area contributed by atoms with E-state index in [0.717, 1.165) is 42.9 Å². The van der Waals surface area contributed by atoms with E-state index in [0.29, 0.717) is 5.69 Å². The molecule has 19 heavy (non-hydrogen) atoms. The predicted molar refractivity (Wildman–Crippen MR) is 73.9 cm³/mol. The fraction of sp³-hybridized carbons (Fsp3) is 0.333. The quantitative estimate of drug-likeness (QED) is 0.895. The van der Waals surface area contributed by atoms with Crippen LogP contribution < -0.4 is 5.73 Å². The lowest BCUT2D eigenvalue weighted by Crippen LogP contribution is -2.17. The zero-order chi connectivity index (χ0) is 13.4. The molecular weight excluding hydrogens is 238 g/mol. The smallest absolute Gasteiger partial charge is 0.269 e. The van der Waals surface area contributed by atoms with Gasteiger partial charge in [-0.1, -0.05) is 29.8 Å². The maximum absolute atomic E-state index is 11.5. The number of benzene rings is 1. The van der Waals surface area contributed by atoms with Gasteiger partial charge in [-0.05, 0) is 26.2 Å². The van der Waals surface area contributed by atoms with Gasteiger partial charge in [0.2, 0.25) is 0 Å². The lowest BCUT2D eigenvalue weighted by molar-refractivity contribution is 0.0994. The maximum atomic E-state index is 11.5. The van der Waals surface area contributed by atoms with Crippen molar-refractivity contribution in [2.24, 2.45) is 5.73 Å². The number of imidazole rings is 1. The van der Waals surface area contributed by atoms with Gasteiger partial charge in [0.15, 0.2) is 0 Å². The van der Waals surface area contributed by atoms with E-state index >= 15 is 0 Å². The summed E-state index contributed by atoms with van der Waals surface area (Å²) in [4.78, 5) is 16.0. The zero-order valence-electron chi connectivity index (χ0n) is 11.0. The molecule has 2 N–H and O–H groups in total. The van der Waals surface area contributed by atoms with E-state index < -0.39 is 5.91 Å². The molecule has 0 atom stereocenters. The number of aromatic nitrogens is 2. The average Bonchev–Trinajstić information content (AvgIpc) is 2.79. The first-order chi connectivity index (χ1) is 9.16. The van der Waals surface area contributed by atoms with Gasteiger partial charge < -0.3 is 10.3 Å². The van der Waals surface area contributed by atoms with Gasteiger partial charge in [0.25, 0.3) is 5.91 Å². The van der Waals surface area contributed by atoms with Crippen LogP contribution in [0.4, 0.5) is 0 Å². The number of hydrogen-bond donors (Lipinski definition) is 1. The van der Waals surface area contributed by atoms with E-state index in [1.165, 1.54) is 5.56 Å². The first-order valence-electron chi connectivity index (χ1n) is 6.63. The highest BCUT2D eigenvalue weighted by molar-refractivity contribution is 5.93. The summed E-state index contributed by atoms with van der Waals surface area (Å²) < 4.78 is 2.15. The molecule has 0 radical (unpaired) electrons. The second kappa shape index (κ2) is 4.53. The largest absolute Gasteiger partial charge is 0.364 e. The Morgan fingerprint density at radius 1 is 1.26 bits per heavy atom. The zero-order valence-corrected chi connectivity index (χ0v) is 11.0. The maximum Gasteiger partial charge on any atom is 0.269 e. The fourth-order valence-corrected chi connectivity index (χ4v) is 2.66. The van der Waals surface area contributed by atoms with Crippen molar-refractivity contribution in [2.75, 3.05) is 0 Å². The molecule has 0 bridgehead atoms. The summed E-state index contributed by atoms with van der Waals surface area (Å²) in [6.07, 6.45) is 3.11. The summed E-state index contributed by atoms with van der Waals surface area (Å²) >= 11 is 0. The first kappa shape index (κ1) is 12.0. The van der Waals surface area contributed by atoms with Crippen molar-refractivity contribution < 1.29 is 4.79 Å². The van der Waals surface area contributed by atoms with Crippen LogP contribution >= 0.6 is 0 Å². The Morgan fingerprint density at radius 2 is 2.00 bits per heavy atom. The average molecular weight is 255 g/mol. The van der Waals surface area contributed by atoms with Crippen LogP contribution in [-0.2, 0) is 13.0 Å². The van der Waals surface area contributed by atoms with Gasteiger partial charge in [-0.3, -0.25) is 4.79 Å². The Balaban J connectivity index is 2.16. The van der Waals surface area contributed by atoms with Gasteiger partial charge in [0.05, 0.1) is 5.69 Å². The van der Waals surface area contributed by atoms with Crippen LogP contribution in [0.1, 0.15) is 34.6 Å². The topological polar surface area (TPSA) is 60.9 Å². The second-order valence-corrected chi connectivity index (χ2v) is 5.07. The third-order valence-electron chi connectivity index (χ3n) is 3.66. The van der Waals surface area contributed by atoms with Gasteiger partial charge >= 0.3 is 0 Å². The molecule has 0 fully saturated rings. The Kier molecular flexibility index (Phi) is 2.85. The summed E-state index contributed by atoms with van der Waals surface area (Å²) in [7, 11) is 0. The minimum atomic E-state index is -0.427. The Hall–Kier alpha value is -2.10. The SMILES string of the molecule is Cc1ccc(-c2nc(C(N)=O)c3n2CCCC3)cc1. The molecule has 3 rings (SSSR count). The summed E-state index contributed by atoms with van der Waals surface area (Å²) in [5.74, 6) is 0.438. The number of amides is 1. The Labute approximate surface area is 112 Å². The highest BCUT2D eigenvalue weighted by atomic mass is 16.1. The Morgan fingerprint density at radius 3 is 2.68 bits per heavy atom. The van der Waals surface area contributed by atoms with Crippen molar-refractivity contribution in [1.82, 2.24) is 9.55 Å². The van der Waals surface area contributed by atoms with Crippen molar-refractivity contribution in [3.63, 3.8) is 0 Å². The fourth-order valence-electron chi connectivity index (χ4n) is 2.66. The predicted octanol–water partition coefficient (Wildman–Crippen LogP) is 2.29. The molecule has 0 unspecified atom stereocenters. The summed E-state index contributed by atoms with van der Waals surface area (Å²) in [6, 6.07) is 8.21. The molecule has 2 aromatic rings. The van der Waals surface area contributed by atoms with Crippen molar-refractivity contribution >= 4 is 5.91 Å². The highest BCUT2D eigenvalue weighted by Gasteiger charge is 2.23. The van der Waals surface area contributed by atoms with Gasteiger partial charge in [-0.25, -0.2) is 4.98 Å². The van der Waals surface area contributed by atoms with Crippen molar-refractivity contribution in [1.29, 1.82) is 0 Å². The second-order valence-electron chi connectivity index (χ2n) is 5.07. The van der Waals surface area contributed by atoms with E-state index in [4.69, 9.17) is 5.73 Å². The number of aryl methyl sites for hydroxylation is 1. The van der Waals surface area contributed by atoms with Crippen LogP contribution in [0.3, 0.4) is 0 Å². The summed E-state index contributed by atoms with van der Waals surface area (Å²) in [6.45, 7) is 2.97. The van der Waals surface area contributed by atoms with Gasteiger partial charge in [0, 0.05) is 12.1 Å². The number of nitrogens with zero attached hydrogens (tertiary/aromatic N) is 2. The van der Waals surface area contributed by atoms with Gasteiger partial charge in [-0.2, -0.15) is 0 Å². The number of nitrogens with two attached hydrogens (primary N) is 1. The lowest BCUT2D eigenvalue weighted by atomic mass is 10.1. The van der Waals surface area contributed by atoms with Crippen LogP contribution in [0.25, 0.3) is 11.4 Å². The normalized spacial score (nSPS) is 14.2. The van der Waals surface area contributed by atoms with Crippen molar-refractivity contribution in [2.45, 2.75) is 32.7 Å². The number of carbonyl (C=O) groups is 1. The molecule has 0 aliphatic carbocycles. The number of hydrogen-bond acceptors (Lipinski definition) is 2. The lowest BCUT2D eigenvalue weighted by Gasteiger charge is -2.17. The minimum absolute atomic E-state index is 0.427. The molecule has 1 amide bonds. The van der Waals surface area contributed by atoms with Crippen molar-refractivity contribution in [3.8, 4) is 11.4 Å². The standard InChI is InChI=1S/C15H17N3O/c1-10-5-7-11(8-6-10)15-17-13(14(16)19)12-4-2-3-9-18(12)15/h5-8H,2-4,9H2,1H3,(H2,16,19). The van der Waals surface area contributed by atoms with E-state index in [-0.39, 0.29) is 0 Å². The monoisotopic (exact) mass is 255 g/mol. The van der Waals surface area contributed by atoms with Crippen LogP contribution in [0.5, 0.6) is 0 Å².